The second kappa shape index (κ2) is 78.4. The fourth-order valence-electron chi connectivity index (χ4n) is 4.80. The van der Waals surface area contributed by atoms with Gasteiger partial charge >= 0.3 is 0 Å². The van der Waals surface area contributed by atoms with Crippen LogP contribution in [-0.2, 0) is 0 Å². The minimum atomic E-state index is 0.623. The lowest BCUT2D eigenvalue weighted by Crippen LogP contribution is -1.80. The predicted molar refractivity (Wildman–Crippen MR) is 409 cm³/mol. The van der Waals surface area contributed by atoms with Crippen molar-refractivity contribution in [1.29, 1.82) is 0 Å². The van der Waals surface area contributed by atoms with Crippen LogP contribution in [0.3, 0.4) is 0 Å². The summed E-state index contributed by atoms with van der Waals surface area (Å²) < 4.78 is 17.1. The first-order valence-electron chi connectivity index (χ1n) is 32.6. The number of pyridine rings is 3. The Labute approximate surface area is 601 Å². The van der Waals surface area contributed by atoms with Crippen LogP contribution in [0.4, 0.5) is 0 Å². The van der Waals surface area contributed by atoms with Crippen LogP contribution in [0.15, 0.2) is 157 Å². The molecule has 0 N–H and O–H groups in total. The maximum atomic E-state index is 4.60. The molecule has 0 aliphatic carbocycles. The molecule has 0 spiro atoms. The summed E-state index contributed by atoms with van der Waals surface area (Å²) in [6.45, 7) is 60.4. The van der Waals surface area contributed by atoms with Crippen molar-refractivity contribution < 1.29 is 9.05 Å². The van der Waals surface area contributed by atoms with E-state index in [2.05, 4.69) is 113 Å². The molecule has 0 amide bonds. The van der Waals surface area contributed by atoms with Crippen molar-refractivity contribution in [2.24, 2.45) is 0 Å². The molecule has 12 heterocycles. The van der Waals surface area contributed by atoms with Gasteiger partial charge in [0.15, 0.2) is 11.6 Å². The number of aromatic nitrogens is 21. The molecule has 0 radical (unpaired) electrons. The summed E-state index contributed by atoms with van der Waals surface area (Å²) in [4.78, 5) is 50.3. The molecule has 12 aromatic heterocycles. The molecule has 0 aromatic carbocycles. The van der Waals surface area contributed by atoms with Crippen LogP contribution in [0, 0.1) is 118 Å². The highest BCUT2D eigenvalue weighted by molar-refractivity contribution is 7.11. The summed E-state index contributed by atoms with van der Waals surface area (Å²) in [5, 5.41) is 26.2. The van der Waals surface area contributed by atoms with Gasteiger partial charge in [0.1, 0.15) is 50.2 Å². The lowest BCUT2D eigenvalue weighted by molar-refractivity contribution is 0.389. The van der Waals surface area contributed by atoms with Crippen molar-refractivity contribution in [3.05, 3.63) is 242 Å². The Hall–Kier alpha value is -9.27. The van der Waals surface area contributed by atoms with Gasteiger partial charge in [-0.15, -0.1) is 21.5 Å². The van der Waals surface area contributed by atoms with Crippen molar-refractivity contribution in [3.8, 4) is 0 Å². The molecule has 0 saturated carbocycles. The van der Waals surface area contributed by atoms with Gasteiger partial charge < -0.3 is 9.05 Å². The van der Waals surface area contributed by atoms with Crippen LogP contribution in [0.1, 0.15) is 192 Å². The average molecular weight is 1410 g/mol. The Bertz CT molecular complexity index is 2710. The van der Waals surface area contributed by atoms with E-state index >= 15 is 0 Å². The van der Waals surface area contributed by atoms with Gasteiger partial charge in [0, 0.05) is 93.4 Å². The van der Waals surface area contributed by atoms with Crippen molar-refractivity contribution in [2.45, 2.75) is 215 Å². The zero-order valence-electron chi connectivity index (χ0n) is 64.8. The van der Waals surface area contributed by atoms with Crippen molar-refractivity contribution in [1.82, 2.24) is 104 Å². The van der Waals surface area contributed by atoms with Crippen molar-refractivity contribution in [2.75, 3.05) is 0 Å². The highest BCUT2D eigenvalue weighted by atomic mass is 32.1. The van der Waals surface area contributed by atoms with E-state index in [-0.39, 0.29) is 0 Å². The van der Waals surface area contributed by atoms with Gasteiger partial charge in [-0.2, -0.15) is 28.9 Å². The van der Waals surface area contributed by atoms with E-state index in [9.17, 15) is 0 Å². The van der Waals surface area contributed by atoms with Crippen LogP contribution >= 0.6 is 34.4 Å². The molecule has 12 aromatic rings. The summed E-state index contributed by atoms with van der Waals surface area (Å²) in [5.74, 6) is 5.21. The van der Waals surface area contributed by atoms with E-state index in [1.54, 1.807) is 107 Å². The van der Waals surface area contributed by atoms with Gasteiger partial charge in [-0.25, -0.2) is 39.9 Å². The second-order valence-corrected chi connectivity index (χ2v) is 20.0. The first-order chi connectivity index (χ1) is 47.2. The third kappa shape index (κ3) is 75.8. The molecule has 0 aliphatic heterocycles. The molecule has 23 nitrogen and oxygen atoms in total. The lowest BCUT2D eigenvalue weighted by Gasteiger charge is -1.82. The molecule has 98 heavy (non-hydrogen) atoms. The minimum absolute atomic E-state index is 0.623. The summed E-state index contributed by atoms with van der Waals surface area (Å²) in [7, 11) is 0. The second-order valence-electron chi connectivity index (χ2n) is 16.7. The normalized spacial score (nSPS) is 8.15. The Morgan fingerprint density at radius 3 is 0.898 bits per heavy atom. The van der Waals surface area contributed by atoms with E-state index in [1.165, 1.54) is 46.8 Å². The maximum Gasteiger partial charge on any atom is 0.223 e. The van der Waals surface area contributed by atoms with Gasteiger partial charge in [-0.3, -0.25) is 15.0 Å². The Balaban J connectivity index is -0.000000181. The highest BCUT2D eigenvalue weighted by Gasteiger charge is 1.92. The van der Waals surface area contributed by atoms with E-state index < -0.39 is 0 Å². The monoisotopic (exact) mass is 1400 g/mol. The minimum Gasteiger partial charge on any atom is -0.340 e. The number of hydrogen-bond acceptors (Lipinski definition) is 26. The van der Waals surface area contributed by atoms with E-state index in [1.807, 2.05) is 254 Å². The third-order valence-electron chi connectivity index (χ3n) is 8.43. The van der Waals surface area contributed by atoms with Gasteiger partial charge in [-0.1, -0.05) is 119 Å². The first kappa shape index (κ1) is 102. The van der Waals surface area contributed by atoms with E-state index in [4.69, 9.17) is 0 Å². The first-order valence-corrected chi connectivity index (χ1v) is 34.9. The van der Waals surface area contributed by atoms with Crippen molar-refractivity contribution >= 4 is 34.4 Å². The fraction of sp³-hybridized carbons (Fsp3) is 0.431. The largest absolute Gasteiger partial charge is 0.340 e. The van der Waals surface area contributed by atoms with Crippen LogP contribution in [0.25, 0.3) is 0 Å². The molecule has 26 heteroatoms. The van der Waals surface area contributed by atoms with E-state index in [0.717, 1.165) is 60.1 Å². The van der Waals surface area contributed by atoms with Crippen molar-refractivity contribution in [3.63, 3.8) is 0 Å². The lowest BCUT2D eigenvalue weighted by atomic mass is 10.3. The molecule has 0 unspecified atom stereocenters. The average Bonchev–Trinajstić information content (AvgIpc) is 4.69. The molecule has 0 fully saturated rings. The number of aryl methyl sites for hydroxylation is 17. The summed E-state index contributed by atoms with van der Waals surface area (Å²) in [5.41, 5.74) is 6.61. The van der Waals surface area contributed by atoms with Crippen LogP contribution in [-0.4, -0.2) is 104 Å². The van der Waals surface area contributed by atoms with Crippen LogP contribution in [0.2, 0.25) is 0 Å². The molecular formula is C72H117N21O2S3. The summed E-state index contributed by atoms with van der Waals surface area (Å²) >= 11 is 4.51. The van der Waals surface area contributed by atoms with E-state index in [0.29, 0.717) is 23.4 Å². The number of hydrogen-bond donors (Lipinski definition) is 0. The van der Waals surface area contributed by atoms with Gasteiger partial charge in [0.05, 0.1) is 5.69 Å². The molecule has 0 atom stereocenters. The highest BCUT2D eigenvalue weighted by Crippen LogP contribution is 2.04. The molecule has 540 valence electrons. The molecule has 0 aliphatic rings. The van der Waals surface area contributed by atoms with Gasteiger partial charge in [0.25, 0.3) is 0 Å². The Morgan fingerprint density at radius 1 is 0.286 bits per heavy atom. The predicted octanol–water partition coefficient (Wildman–Crippen LogP) is 19.3. The SMILES string of the molecule is CC.CC.CC.CC.CC.CC.CC.Cc1ccccn1.Cc1cccnc1.Cc1cccnn1.Cc1ccncc1.Cc1ccncn1.Cc1cncnc1.Cc1ncccn1.Cc1nnc(C)s1.Cc1noc(C)n1.Cc1noc(C)n1.Cc1nsc(C)n1.Cc1nsc(C)n1. The van der Waals surface area contributed by atoms with Crippen LogP contribution < -0.4 is 0 Å². The summed E-state index contributed by atoms with van der Waals surface area (Å²) in [6.07, 6.45) is 22.4. The quantitative estimate of drug-likeness (QED) is 0.136. The number of nitrogens with zero attached hydrogens (tertiary/aromatic N) is 21. The fourth-order valence-corrected chi connectivity index (χ4v) is 6.35. The zero-order valence-corrected chi connectivity index (χ0v) is 67.2. The topological polar surface area (TPSA) is 297 Å². The molecule has 0 bridgehead atoms. The summed E-state index contributed by atoms with van der Waals surface area (Å²) in [6, 6.07) is 21.2. The zero-order chi connectivity index (χ0) is 76.2. The molecule has 0 saturated heterocycles. The number of rotatable bonds is 0. The van der Waals surface area contributed by atoms with Gasteiger partial charge in [0.2, 0.25) is 11.8 Å². The Kier molecular flexibility index (Phi) is 81.8. The standard InChI is InChI=1S/3C6H7N.4C5H6N2.2C4H6N2O.3C4H6N2S.7C2H6/c1-6-2-4-7-5-3-6;1-6-3-2-4-7-5-6;1-6-4-2-3-5-7-6;1-5-2-6-4-7-3-5;1-5-2-3-6-4-7-5;1-5-6-3-2-4-7-5;1-5-3-2-4-6-7-5;2*1-3-5-4(2)7-6-3;1-3-5-6-4(2)7-3;2*1-3-5-4(2)7-6-3;7*1-2/h3*2-5H,1H3;4*2-4H,1H3;5*1-2H3;7*1-2H3. The Morgan fingerprint density at radius 2 is 0.724 bits per heavy atom. The third-order valence-corrected chi connectivity index (χ3v) is 10.6. The smallest absolute Gasteiger partial charge is 0.223 e. The molecule has 12 rings (SSSR count). The molecular weight excluding hydrogens is 1290 g/mol. The van der Waals surface area contributed by atoms with Crippen LogP contribution in [0.5, 0.6) is 0 Å². The maximum absolute atomic E-state index is 4.60. The van der Waals surface area contributed by atoms with Gasteiger partial charge in [-0.05, 0) is 198 Å².